The molecule has 0 fully saturated rings. The summed E-state index contributed by atoms with van der Waals surface area (Å²) in [4.78, 5) is 35.7. The molecule has 0 saturated carbocycles. The van der Waals surface area contributed by atoms with Crippen LogP contribution in [0.5, 0.6) is 0 Å². The summed E-state index contributed by atoms with van der Waals surface area (Å²) in [6.07, 6.45) is 0. The zero-order valence-corrected chi connectivity index (χ0v) is 8.22. The summed E-state index contributed by atoms with van der Waals surface area (Å²) in [6.45, 7) is 0. The molecule has 0 aromatic carbocycles. The number of aliphatic carboxylic acids is 4. The van der Waals surface area contributed by atoms with Gasteiger partial charge in [0.25, 0.3) is 0 Å². The van der Waals surface area contributed by atoms with Gasteiger partial charge in [-0.3, -0.25) is 0 Å². The summed E-state index contributed by atoms with van der Waals surface area (Å²) in [7, 11) is 0. The molecule has 0 saturated heterocycles. The largest absolute Gasteiger partial charge is 4.00 e. The molecule has 0 aliphatic heterocycles. The van der Waals surface area contributed by atoms with Crippen molar-refractivity contribution in [1.29, 1.82) is 0 Å². The van der Waals surface area contributed by atoms with E-state index in [-0.39, 0.29) is 26.2 Å². The van der Waals surface area contributed by atoms with Gasteiger partial charge >= 0.3 is 26.2 Å². The number of hydrogen-bond donors (Lipinski definition) is 0. The van der Waals surface area contributed by atoms with Crippen molar-refractivity contribution in [3.8, 4) is 0 Å². The maximum absolute atomic E-state index is 8.93. The van der Waals surface area contributed by atoms with Crippen molar-refractivity contribution in [3.63, 3.8) is 0 Å². The fourth-order valence-electron chi connectivity index (χ4n) is 0. The maximum Gasteiger partial charge on any atom is 4.00 e. The third-order valence-electron chi connectivity index (χ3n) is 0.333. The molecular formula is C4O8Zr. The Balaban J connectivity index is -0.000000143. The van der Waals surface area contributed by atoms with E-state index in [0.717, 1.165) is 0 Å². The van der Waals surface area contributed by atoms with E-state index in [4.69, 9.17) is 39.6 Å². The van der Waals surface area contributed by atoms with Crippen molar-refractivity contribution in [2.24, 2.45) is 0 Å². The van der Waals surface area contributed by atoms with E-state index < -0.39 is 23.9 Å². The van der Waals surface area contributed by atoms with Gasteiger partial charge in [-0.15, -0.1) is 0 Å². The standard InChI is InChI=1S/2C2H2O4.Zr/c2*3-1(4)2(5)6;/h2*(H,3,4)(H,5,6);/q;;+4/p-4. The van der Waals surface area contributed by atoms with Crippen LogP contribution in [0.1, 0.15) is 0 Å². The molecule has 68 valence electrons. The minimum atomic E-state index is -2.19. The van der Waals surface area contributed by atoms with Crippen molar-refractivity contribution >= 4 is 23.9 Å². The number of rotatable bonds is 0. The smallest absolute Gasteiger partial charge is 0.543 e. The summed E-state index contributed by atoms with van der Waals surface area (Å²) < 4.78 is 0. The number of carboxylic acid groups (broad SMARTS) is 4. The van der Waals surface area contributed by atoms with Gasteiger partial charge in [0.15, 0.2) is 0 Å². The van der Waals surface area contributed by atoms with Gasteiger partial charge in [-0.05, 0) is 0 Å². The van der Waals surface area contributed by atoms with Crippen molar-refractivity contribution < 1.29 is 65.8 Å². The minimum absolute atomic E-state index is 0. The number of carbonyl (C=O) groups is 4. The molecule has 0 bridgehead atoms. The zero-order chi connectivity index (χ0) is 10.3. The molecule has 0 aromatic rings. The molecule has 0 heterocycles. The molecule has 0 N–H and O–H groups in total. The molecule has 8 nitrogen and oxygen atoms in total. The summed E-state index contributed by atoms with van der Waals surface area (Å²) in [6, 6.07) is 0. The minimum Gasteiger partial charge on any atom is -0.543 e. The molecule has 0 aliphatic rings. The van der Waals surface area contributed by atoms with Crippen molar-refractivity contribution in [1.82, 2.24) is 0 Å². The van der Waals surface area contributed by atoms with Crippen LogP contribution in [0.15, 0.2) is 0 Å². The first-order valence-electron chi connectivity index (χ1n) is 2.13. The normalized spacial score (nSPS) is 6.77. The number of hydrogen-bond acceptors (Lipinski definition) is 8. The van der Waals surface area contributed by atoms with Crippen LogP contribution in [0, 0.1) is 0 Å². The molecule has 0 unspecified atom stereocenters. The van der Waals surface area contributed by atoms with Gasteiger partial charge in [0, 0.05) is 0 Å². The quantitative estimate of drug-likeness (QED) is 0.391. The summed E-state index contributed by atoms with van der Waals surface area (Å²) >= 11 is 0. The van der Waals surface area contributed by atoms with E-state index in [0.29, 0.717) is 0 Å². The second-order valence-electron chi connectivity index (χ2n) is 1.15. The van der Waals surface area contributed by atoms with Crippen molar-refractivity contribution in [3.05, 3.63) is 0 Å². The first-order valence-corrected chi connectivity index (χ1v) is 2.13. The van der Waals surface area contributed by atoms with Crippen molar-refractivity contribution in [2.75, 3.05) is 0 Å². The number of carboxylic acids is 4. The van der Waals surface area contributed by atoms with Gasteiger partial charge in [0.2, 0.25) is 0 Å². The Labute approximate surface area is 89.9 Å². The molecule has 9 heteroatoms. The summed E-state index contributed by atoms with van der Waals surface area (Å²) in [5.41, 5.74) is 0. The molecule has 0 aliphatic carbocycles. The second-order valence-corrected chi connectivity index (χ2v) is 1.15. The Morgan fingerprint density at radius 3 is 0.615 bits per heavy atom. The Hall–Kier alpha value is -1.24. The van der Waals surface area contributed by atoms with Crippen LogP contribution in [0.3, 0.4) is 0 Å². The fraction of sp³-hybridized carbons (Fsp3) is 0. The third-order valence-corrected chi connectivity index (χ3v) is 0.333. The van der Waals surface area contributed by atoms with Gasteiger partial charge in [-0.2, -0.15) is 0 Å². The van der Waals surface area contributed by atoms with Crippen molar-refractivity contribution in [2.45, 2.75) is 0 Å². The van der Waals surface area contributed by atoms with Crippen LogP contribution in [0.4, 0.5) is 0 Å². The molecule has 0 radical (unpaired) electrons. The van der Waals surface area contributed by atoms with Crippen LogP contribution < -0.4 is 20.4 Å². The fourth-order valence-corrected chi connectivity index (χ4v) is 0. The van der Waals surface area contributed by atoms with Gasteiger partial charge in [0.05, 0.1) is 23.9 Å². The Bertz CT molecular complexity index is 172. The zero-order valence-electron chi connectivity index (χ0n) is 5.77. The monoisotopic (exact) mass is 266 g/mol. The predicted molar refractivity (Wildman–Crippen MR) is 20.0 cm³/mol. The maximum atomic E-state index is 8.93. The van der Waals surface area contributed by atoms with Gasteiger partial charge in [-0.25, -0.2) is 0 Å². The molecular weight excluding hydrogens is 267 g/mol. The summed E-state index contributed by atoms with van der Waals surface area (Å²) in [5.74, 6) is -8.74. The van der Waals surface area contributed by atoms with Gasteiger partial charge in [0.1, 0.15) is 0 Å². The van der Waals surface area contributed by atoms with Gasteiger partial charge in [-0.1, -0.05) is 0 Å². The van der Waals surface area contributed by atoms with E-state index in [2.05, 4.69) is 0 Å². The van der Waals surface area contributed by atoms with Crippen LogP contribution in [0.25, 0.3) is 0 Å². The van der Waals surface area contributed by atoms with Crippen LogP contribution in [-0.2, 0) is 45.4 Å². The molecule has 13 heavy (non-hydrogen) atoms. The topological polar surface area (TPSA) is 161 Å². The van der Waals surface area contributed by atoms with Crippen LogP contribution >= 0.6 is 0 Å². The molecule has 0 aromatic heterocycles. The second kappa shape index (κ2) is 8.86. The molecule has 0 amide bonds. The van der Waals surface area contributed by atoms with Crippen LogP contribution in [-0.4, -0.2) is 23.9 Å². The average Bonchev–Trinajstić information content (AvgIpc) is 1.88. The Kier molecular flexibility index (Phi) is 12.1. The SMILES string of the molecule is O=C([O-])C(=O)[O-].O=C([O-])C(=O)[O-].[Zr+4]. The Morgan fingerprint density at radius 1 is 0.538 bits per heavy atom. The van der Waals surface area contributed by atoms with E-state index in [9.17, 15) is 0 Å². The molecule has 0 spiro atoms. The van der Waals surface area contributed by atoms with E-state index in [1.165, 1.54) is 0 Å². The molecule has 0 atom stereocenters. The average molecular weight is 267 g/mol. The van der Waals surface area contributed by atoms with Crippen LogP contribution in [0.2, 0.25) is 0 Å². The van der Waals surface area contributed by atoms with Gasteiger partial charge < -0.3 is 39.6 Å². The first kappa shape index (κ1) is 17.7. The predicted octanol–water partition coefficient (Wildman–Crippen LogP) is -7.03. The van der Waals surface area contributed by atoms with E-state index in [1.807, 2.05) is 0 Å². The van der Waals surface area contributed by atoms with E-state index in [1.54, 1.807) is 0 Å². The van der Waals surface area contributed by atoms with E-state index >= 15 is 0 Å². The number of carbonyl (C=O) groups excluding carboxylic acids is 4. The first-order chi connectivity index (χ1) is 5.29. The third kappa shape index (κ3) is 18.1. The molecule has 0 rings (SSSR count). The summed E-state index contributed by atoms with van der Waals surface area (Å²) in [5, 5.41) is 35.7. The Morgan fingerprint density at radius 2 is 0.615 bits per heavy atom.